The predicted molar refractivity (Wildman–Crippen MR) is 78.8 cm³/mol. The van der Waals surface area contributed by atoms with E-state index in [4.69, 9.17) is 9.72 Å². The third-order valence-corrected chi connectivity index (χ3v) is 5.53. The minimum atomic E-state index is 0.0639. The molecule has 1 N–H and O–H groups in total. The van der Waals surface area contributed by atoms with Crippen molar-refractivity contribution in [1.82, 2.24) is 10.3 Å². The third-order valence-electron chi connectivity index (χ3n) is 4.17. The van der Waals surface area contributed by atoms with Gasteiger partial charge in [0.15, 0.2) is 0 Å². The van der Waals surface area contributed by atoms with E-state index in [9.17, 15) is 0 Å². The molecule has 0 radical (unpaired) electrons. The first kappa shape index (κ1) is 13.5. The Morgan fingerprint density at radius 2 is 1.95 bits per heavy atom. The van der Waals surface area contributed by atoms with Gasteiger partial charge in [-0.1, -0.05) is 0 Å². The molecule has 19 heavy (non-hydrogen) atoms. The van der Waals surface area contributed by atoms with Crippen molar-refractivity contribution in [3.63, 3.8) is 0 Å². The van der Waals surface area contributed by atoms with Gasteiger partial charge in [-0.05, 0) is 52.4 Å². The van der Waals surface area contributed by atoms with Crippen LogP contribution in [0.15, 0.2) is 0 Å². The van der Waals surface area contributed by atoms with E-state index in [1.165, 1.54) is 41.3 Å². The zero-order valence-electron chi connectivity index (χ0n) is 12.0. The number of fused-ring (bicyclic) bond motifs is 1. The van der Waals surface area contributed by atoms with Crippen LogP contribution in [0.25, 0.3) is 0 Å². The van der Waals surface area contributed by atoms with E-state index < -0.39 is 0 Å². The lowest BCUT2D eigenvalue weighted by molar-refractivity contribution is 0.0330. The van der Waals surface area contributed by atoms with Crippen molar-refractivity contribution in [1.29, 1.82) is 0 Å². The molecular formula is C15H24N2OS. The molecule has 106 valence electrons. The quantitative estimate of drug-likeness (QED) is 0.924. The fourth-order valence-corrected chi connectivity index (χ4v) is 4.61. The van der Waals surface area contributed by atoms with E-state index in [1.54, 1.807) is 0 Å². The number of rotatable bonds is 3. The van der Waals surface area contributed by atoms with Crippen LogP contribution in [0.1, 0.15) is 55.1 Å². The van der Waals surface area contributed by atoms with E-state index in [-0.39, 0.29) is 5.54 Å². The lowest BCUT2D eigenvalue weighted by Crippen LogP contribution is -2.49. The van der Waals surface area contributed by atoms with Gasteiger partial charge in [-0.15, -0.1) is 11.3 Å². The molecule has 0 unspecified atom stereocenters. The lowest BCUT2D eigenvalue weighted by atomic mass is 9.89. The molecule has 0 amide bonds. The highest BCUT2D eigenvalue weighted by atomic mass is 32.1. The molecule has 1 fully saturated rings. The van der Waals surface area contributed by atoms with Gasteiger partial charge in [0.1, 0.15) is 5.01 Å². The number of nitrogens with zero attached hydrogens (tertiary/aromatic N) is 1. The Hall–Kier alpha value is -0.450. The van der Waals surface area contributed by atoms with Gasteiger partial charge in [0.05, 0.1) is 11.2 Å². The maximum atomic E-state index is 5.57. The third kappa shape index (κ3) is 2.71. The largest absolute Gasteiger partial charge is 0.381 e. The Morgan fingerprint density at radius 3 is 2.63 bits per heavy atom. The summed E-state index contributed by atoms with van der Waals surface area (Å²) in [6.45, 7) is 6.16. The topological polar surface area (TPSA) is 34.2 Å². The van der Waals surface area contributed by atoms with Crippen LogP contribution in [0.2, 0.25) is 0 Å². The van der Waals surface area contributed by atoms with Gasteiger partial charge in [0, 0.05) is 24.1 Å². The Labute approximate surface area is 119 Å². The number of ether oxygens (including phenoxy) is 1. The minimum absolute atomic E-state index is 0.0639. The summed E-state index contributed by atoms with van der Waals surface area (Å²) >= 11 is 1.95. The van der Waals surface area contributed by atoms with Gasteiger partial charge < -0.3 is 10.1 Å². The minimum Gasteiger partial charge on any atom is -0.381 e. The summed E-state index contributed by atoms with van der Waals surface area (Å²) < 4.78 is 5.57. The molecule has 0 bridgehead atoms. The molecule has 1 aliphatic carbocycles. The van der Waals surface area contributed by atoms with Crippen molar-refractivity contribution in [2.45, 2.75) is 64.0 Å². The van der Waals surface area contributed by atoms with Crippen LogP contribution < -0.4 is 5.32 Å². The highest BCUT2D eigenvalue weighted by Gasteiger charge is 2.38. The van der Waals surface area contributed by atoms with Crippen molar-refractivity contribution in [2.24, 2.45) is 0 Å². The van der Waals surface area contributed by atoms with Crippen LogP contribution >= 0.6 is 11.3 Å². The number of aryl methyl sites for hydroxylation is 2. The molecule has 0 atom stereocenters. The normalized spacial score (nSPS) is 22.5. The van der Waals surface area contributed by atoms with Gasteiger partial charge in [-0.2, -0.15) is 0 Å². The zero-order chi connectivity index (χ0) is 13.3. The first-order chi connectivity index (χ1) is 9.20. The van der Waals surface area contributed by atoms with E-state index >= 15 is 0 Å². The first-order valence-corrected chi connectivity index (χ1v) is 8.36. The summed E-state index contributed by atoms with van der Waals surface area (Å²) in [6, 6.07) is 0.485. The average molecular weight is 280 g/mol. The standard InChI is InChI=1S/C15H24N2OS/c1-11(2)17-15(7-9-18-10-8-15)14-16-12-5-3-4-6-13(12)19-14/h11,17H,3-10H2,1-2H3. The maximum Gasteiger partial charge on any atom is 0.113 e. The molecular weight excluding hydrogens is 256 g/mol. The summed E-state index contributed by atoms with van der Waals surface area (Å²) in [5.74, 6) is 0. The summed E-state index contributed by atoms with van der Waals surface area (Å²) in [6.07, 6.45) is 7.17. The predicted octanol–water partition coefficient (Wildman–Crippen LogP) is 3.03. The van der Waals surface area contributed by atoms with Gasteiger partial charge in [0.2, 0.25) is 0 Å². The second kappa shape index (κ2) is 5.51. The average Bonchev–Trinajstić information content (AvgIpc) is 2.83. The van der Waals surface area contributed by atoms with Crippen molar-refractivity contribution >= 4 is 11.3 Å². The second-order valence-electron chi connectivity index (χ2n) is 6.09. The van der Waals surface area contributed by atoms with Gasteiger partial charge in [-0.25, -0.2) is 4.98 Å². The van der Waals surface area contributed by atoms with Crippen molar-refractivity contribution < 1.29 is 4.74 Å². The van der Waals surface area contributed by atoms with E-state index in [2.05, 4.69) is 19.2 Å². The molecule has 4 heteroatoms. The molecule has 1 aliphatic heterocycles. The SMILES string of the molecule is CC(C)NC1(c2nc3c(s2)CCCC3)CCOCC1. The van der Waals surface area contributed by atoms with Crippen LogP contribution in [0.3, 0.4) is 0 Å². The molecule has 3 nitrogen and oxygen atoms in total. The number of nitrogens with one attached hydrogen (secondary N) is 1. The summed E-state index contributed by atoms with van der Waals surface area (Å²) in [5, 5.41) is 5.10. The first-order valence-electron chi connectivity index (χ1n) is 7.54. The highest BCUT2D eigenvalue weighted by molar-refractivity contribution is 7.11. The smallest absolute Gasteiger partial charge is 0.113 e. The van der Waals surface area contributed by atoms with Crippen LogP contribution in [0.5, 0.6) is 0 Å². The van der Waals surface area contributed by atoms with E-state index in [0.29, 0.717) is 6.04 Å². The fraction of sp³-hybridized carbons (Fsp3) is 0.800. The van der Waals surface area contributed by atoms with E-state index in [1.807, 2.05) is 11.3 Å². The fourth-order valence-electron chi connectivity index (χ4n) is 3.25. The van der Waals surface area contributed by atoms with Crippen LogP contribution in [0, 0.1) is 0 Å². The Morgan fingerprint density at radius 1 is 1.21 bits per heavy atom. The molecule has 3 rings (SSSR count). The molecule has 0 aromatic carbocycles. The molecule has 1 aromatic rings. The van der Waals surface area contributed by atoms with Crippen LogP contribution in [-0.4, -0.2) is 24.2 Å². The Bertz CT molecular complexity index is 412. The van der Waals surface area contributed by atoms with Crippen molar-refractivity contribution in [2.75, 3.05) is 13.2 Å². The van der Waals surface area contributed by atoms with Crippen LogP contribution in [-0.2, 0) is 23.1 Å². The lowest BCUT2D eigenvalue weighted by Gasteiger charge is -2.38. The Kier molecular flexibility index (Phi) is 3.92. The zero-order valence-corrected chi connectivity index (χ0v) is 12.8. The molecule has 1 saturated heterocycles. The summed E-state index contributed by atoms with van der Waals surface area (Å²) in [4.78, 5) is 6.54. The molecule has 2 heterocycles. The number of aromatic nitrogens is 1. The molecule has 1 aromatic heterocycles. The van der Waals surface area contributed by atoms with Crippen LogP contribution in [0.4, 0.5) is 0 Å². The maximum absolute atomic E-state index is 5.57. The number of thiazole rings is 1. The van der Waals surface area contributed by atoms with Crippen molar-refractivity contribution in [3.05, 3.63) is 15.6 Å². The van der Waals surface area contributed by atoms with E-state index in [0.717, 1.165) is 26.1 Å². The Balaban J connectivity index is 1.92. The van der Waals surface area contributed by atoms with Gasteiger partial charge in [0.25, 0.3) is 0 Å². The molecule has 0 saturated carbocycles. The second-order valence-corrected chi connectivity index (χ2v) is 7.17. The number of hydrogen-bond acceptors (Lipinski definition) is 4. The highest BCUT2D eigenvalue weighted by Crippen LogP contribution is 2.38. The molecule has 0 spiro atoms. The monoisotopic (exact) mass is 280 g/mol. The summed E-state index contributed by atoms with van der Waals surface area (Å²) in [5.41, 5.74) is 1.44. The van der Waals surface area contributed by atoms with Gasteiger partial charge >= 0.3 is 0 Å². The summed E-state index contributed by atoms with van der Waals surface area (Å²) in [7, 11) is 0. The van der Waals surface area contributed by atoms with Gasteiger partial charge in [-0.3, -0.25) is 0 Å². The molecule has 2 aliphatic rings. The number of hydrogen-bond donors (Lipinski definition) is 1. The van der Waals surface area contributed by atoms with Crippen molar-refractivity contribution in [3.8, 4) is 0 Å².